The average Bonchev–Trinajstić information content (AvgIpc) is 2.26. The first-order chi connectivity index (χ1) is 7.58. The fourth-order valence-corrected chi connectivity index (χ4v) is 2.38. The van der Waals surface area contributed by atoms with Crippen molar-refractivity contribution in [1.82, 2.24) is 5.32 Å². The molecule has 1 rings (SSSR count). The molecule has 0 aliphatic rings. The molecule has 2 unspecified atom stereocenters. The molecule has 0 aliphatic carbocycles. The van der Waals surface area contributed by atoms with Crippen molar-refractivity contribution < 1.29 is 0 Å². The maximum Gasteiger partial charge on any atom is 0.0663 e. The number of nitrogens with one attached hydrogen (secondary N) is 1. The van der Waals surface area contributed by atoms with E-state index in [0.29, 0.717) is 11.6 Å². The van der Waals surface area contributed by atoms with E-state index >= 15 is 0 Å². The molecule has 0 heterocycles. The zero-order valence-corrected chi connectivity index (χ0v) is 11.3. The first kappa shape index (κ1) is 13.5. The van der Waals surface area contributed by atoms with Crippen molar-refractivity contribution in [3.05, 3.63) is 33.3 Å². The fraction of sp³-hybridized carbons (Fsp3) is 0.333. The van der Waals surface area contributed by atoms with Crippen LogP contribution < -0.4 is 11.1 Å². The van der Waals surface area contributed by atoms with Crippen molar-refractivity contribution in [3.8, 4) is 12.3 Å². The molecule has 2 atom stereocenters. The van der Waals surface area contributed by atoms with Crippen molar-refractivity contribution in [2.45, 2.75) is 19.0 Å². The van der Waals surface area contributed by atoms with Gasteiger partial charge in [0.1, 0.15) is 0 Å². The van der Waals surface area contributed by atoms with Crippen LogP contribution >= 0.6 is 27.5 Å². The molecule has 0 bridgehead atoms. The van der Waals surface area contributed by atoms with Crippen molar-refractivity contribution in [2.24, 2.45) is 5.73 Å². The highest BCUT2D eigenvalue weighted by molar-refractivity contribution is 9.10. The van der Waals surface area contributed by atoms with Gasteiger partial charge in [-0.15, -0.1) is 6.42 Å². The van der Waals surface area contributed by atoms with E-state index in [2.05, 4.69) is 27.2 Å². The van der Waals surface area contributed by atoms with Crippen LogP contribution in [0.5, 0.6) is 0 Å². The number of terminal acetylenes is 1. The molecule has 3 N–H and O–H groups in total. The molecule has 0 amide bonds. The molecular weight excluding hydrogens is 288 g/mol. The van der Waals surface area contributed by atoms with Crippen LogP contribution in [0.25, 0.3) is 0 Å². The molecule has 0 radical (unpaired) electrons. The van der Waals surface area contributed by atoms with Gasteiger partial charge in [-0.05, 0) is 24.6 Å². The van der Waals surface area contributed by atoms with Crippen LogP contribution in [0, 0.1) is 12.3 Å². The highest BCUT2D eigenvalue weighted by atomic mass is 79.9. The third-order valence-corrected chi connectivity index (χ3v) is 3.20. The second-order valence-corrected chi connectivity index (χ2v) is 4.80. The van der Waals surface area contributed by atoms with Crippen LogP contribution in [-0.4, -0.2) is 12.6 Å². The molecule has 0 saturated carbocycles. The van der Waals surface area contributed by atoms with Crippen LogP contribution in [0.2, 0.25) is 5.02 Å². The monoisotopic (exact) mass is 300 g/mol. The Morgan fingerprint density at radius 3 is 2.81 bits per heavy atom. The molecule has 0 saturated heterocycles. The average molecular weight is 302 g/mol. The lowest BCUT2D eigenvalue weighted by Crippen LogP contribution is -2.34. The van der Waals surface area contributed by atoms with Gasteiger partial charge in [-0.3, -0.25) is 5.32 Å². The summed E-state index contributed by atoms with van der Waals surface area (Å²) in [4.78, 5) is 0. The Morgan fingerprint density at radius 2 is 2.31 bits per heavy atom. The Bertz CT molecular complexity index is 400. The van der Waals surface area contributed by atoms with Gasteiger partial charge in [0.2, 0.25) is 0 Å². The largest absolute Gasteiger partial charge is 0.329 e. The summed E-state index contributed by atoms with van der Waals surface area (Å²) < 4.78 is 0.937. The number of halogens is 2. The summed E-state index contributed by atoms with van der Waals surface area (Å²) in [5, 5.41) is 3.95. The van der Waals surface area contributed by atoms with Crippen LogP contribution in [0.15, 0.2) is 22.7 Å². The summed E-state index contributed by atoms with van der Waals surface area (Å²) in [6.07, 6.45) is 5.33. The Morgan fingerprint density at radius 1 is 1.62 bits per heavy atom. The molecule has 2 nitrogen and oxygen atoms in total. The van der Waals surface area contributed by atoms with E-state index < -0.39 is 0 Å². The number of nitrogens with two attached hydrogens (primary N) is 1. The summed E-state index contributed by atoms with van der Waals surface area (Å²) >= 11 is 9.35. The molecular formula is C12H14BrClN2. The maximum absolute atomic E-state index is 5.88. The molecule has 0 aliphatic heterocycles. The summed E-state index contributed by atoms with van der Waals surface area (Å²) in [5.74, 6) is 2.62. The second kappa shape index (κ2) is 6.27. The van der Waals surface area contributed by atoms with E-state index in [1.54, 1.807) is 0 Å². The van der Waals surface area contributed by atoms with Gasteiger partial charge in [0.25, 0.3) is 0 Å². The minimum absolute atomic E-state index is 0.0175. The van der Waals surface area contributed by atoms with E-state index in [1.807, 2.05) is 25.1 Å². The van der Waals surface area contributed by atoms with E-state index in [9.17, 15) is 0 Å². The van der Waals surface area contributed by atoms with Gasteiger partial charge in [0, 0.05) is 22.1 Å². The summed E-state index contributed by atoms with van der Waals surface area (Å²) in [6, 6.07) is 5.64. The Kier molecular flexibility index (Phi) is 5.30. The van der Waals surface area contributed by atoms with Gasteiger partial charge in [0.05, 0.1) is 6.04 Å². The molecule has 1 aromatic rings. The zero-order chi connectivity index (χ0) is 12.1. The maximum atomic E-state index is 5.88. The van der Waals surface area contributed by atoms with Crippen LogP contribution in [-0.2, 0) is 0 Å². The topological polar surface area (TPSA) is 38.0 Å². The predicted octanol–water partition coefficient (Wildman–Crippen LogP) is 2.71. The van der Waals surface area contributed by atoms with Crippen molar-refractivity contribution in [1.29, 1.82) is 0 Å². The Hall–Kier alpha value is -0.530. The van der Waals surface area contributed by atoms with Gasteiger partial charge in [-0.1, -0.05) is 39.5 Å². The highest BCUT2D eigenvalue weighted by Crippen LogP contribution is 2.26. The lowest BCUT2D eigenvalue weighted by Gasteiger charge is -2.20. The van der Waals surface area contributed by atoms with Crippen LogP contribution in [0.1, 0.15) is 18.5 Å². The number of hydrogen-bond acceptors (Lipinski definition) is 2. The fourth-order valence-electron chi connectivity index (χ4n) is 1.42. The minimum Gasteiger partial charge on any atom is -0.329 e. The van der Waals surface area contributed by atoms with Gasteiger partial charge >= 0.3 is 0 Å². The molecule has 1 aromatic carbocycles. The van der Waals surface area contributed by atoms with E-state index in [0.717, 1.165) is 10.0 Å². The third kappa shape index (κ3) is 3.50. The number of hydrogen-bond donors (Lipinski definition) is 2. The summed E-state index contributed by atoms with van der Waals surface area (Å²) in [7, 11) is 0. The van der Waals surface area contributed by atoms with Gasteiger partial charge in [0.15, 0.2) is 0 Å². The van der Waals surface area contributed by atoms with Crippen LogP contribution in [0.3, 0.4) is 0 Å². The predicted molar refractivity (Wildman–Crippen MR) is 72.4 cm³/mol. The minimum atomic E-state index is -0.0175. The third-order valence-electron chi connectivity index (χ3n) is 2.27. The smallest absolute Gasteiger partial charge is 0.0663 e. The Labute approximate surface area is 110 Å². The first-order valence-electron chi connectivity index (χ1n) is 4.95. The molecule has 0 fully saturated rings. The highest BCUT2D eigenvalue weighted by Gasteiger charge is 2.14. The zero-order valence-electron chi connectivity index (χ0n) is 9.00. The molecule has 16 heavy (non-hydrogen) atoms. The lowest BCUT2D eigenvalue weighted by molar-refractivity contribution is 0.516. The van der Waals surface area contributed by atoms with Gasteiger partial charge in [-0.2, -0.15) is 0 Å². The van der Waals surface area contributed by atoms with Crippen molar-refractivity contribution in [2.75, 3.05) is 6.54 Å². The SMILES string of the molecule is C#CC(C)NC(CN)c1ccc(Cl)cc1Br. The molecule has 0 aromatic heterocycles. The lowest BCUT2D eigenvalue weighted by atomic mass is 10.1. The molecule has 4 heteroatoms. The van der Waals surface area contributed by atoms with E-state index in [-0.39, 0.29) is 12.1 Å². The van der Waals surface area contributed by atoms with Crippen LogP contribution in [0.4, 0.5) is 0 Å². The molecule has 86 valence electrons. The van der Waals surface area contributed by atoms with E-state index in [4.69, 9.17) is 23.8 Å². The standard InChI is InChI=1S/C12H14BrClN2/c1-3-8(2)16-12(7-15)10-5-4-9(14)6-11(10)13/h1,4-6,8,12,16H,7,15H2,2H3. The van der Waals surface area contributed by atoms with Crippen molar-refractivity contribution in [3.63, 3.8) is 0 Å². The van der Waals surface area contributed by atoms with Gasteiger partial charge < -0.3 is 5.73 Å². The number of rotatable bonds is 4. The quantitative estimate of drug-likeness (QED) is 0.839. The summed E-state index contributed by atoms with van der Waals surface area (Å²) in [6.45, 7) is 2.40. The molecule has 0 spiro atoms. The normalized spacial score (nSPS) is 14.2. The van der Waals surface area contributed by atoms with E-state index in [1.165, 1.54) is 0 Å². The number of benzene rings is 1. The second-order valence-electron chi connectivity index (χ2n) is 3.51. The van der Waals surface area contributed by atoms with Crippen molar-refractivity contribution >= 4 is 27.5 Å². The van der Waals surface area contributed by atoms with Gasteiger partial charge in [-0.25, -0.2) is 0 Å². The Balaban J connectivity index is 2.91. The summed E-state index contributed by atoms with van der Waals surface area (Å²) in [5.41, 5.74) is 6.79. The first-order valence-corrected chi connectivity index (χ1v) is 6.12.